The molecule has 8 heteroatoms. The summed E-state index contributed by atoms with van der Waals surface area (Å²) in [7, 11) is 1.72. The van der Waals surface area contributed by atoms with E-state index in [1.54, 1.807) is 24.5 Å². The molecule has 0 bridgehead atoms. The number of aliphatic imine (C=N–C) groups is 1. The molecule has 0 fully saturated rings. The van der Waals surface area contributed by atoms with E-state index in [-0.39, 0.29) is 29.8 Å². The highest BCUT2D eigenvalue weighted by molar-refractivity contribution is 14.0. The molecule has 0 spiro atoms. The Bertz CT molecular complexity index is 731. The zero-order chi connectivity index (χ0) is 18.9. The van der Waals surface area contributed by atoms with Crippen LogP contribution in [0, 0.1) is 5.82 Å². The number of nitrogens with one attached hydrogen (secondary N) is 2. The van der Waals surface area contributed by atoms with Gasteiger partial charge in [-0.3, -0.25) is 4.99 Å². The maximum atomic E-state index is 14.4. The van der Waals surface area contributed by atoms with Crippen LogP contribution in [0.15, 0.2) is 29.4 Å². The van der Waals surface area contributed by atoms with Gasteiger partial charge in [-0.2, -0.15) is 0 Å². The van der Waals surface area contributed by atoms with E-state index in [0.29, 0.717) is 24.7 Å². The van der Waals surface area contributed by atoms with Crippen molar-refractivity contribution in [3.05, 3.63) is 45.7 Å². The summed E-state index contributed by atoms with van der Waals surface area (Å²) in [5.41, 5.74) is 1.53. The molecule has 2 aromatic rings. The number of hydrogen-bond donors (Lipinski definition) is 2. The van der Waals surface area contributed by atoms with Gasteiger partial charge in [0.05, 0.1) is 12.2 Å². The highest BCUT2D eigenvalue weighted by Gasteiger charge is 2.09. The van der Waals surface area contributed by atoms with Gasteiger partial charge in [-0.25, -0.2) is 9.37 Å². The second-order valence-corrected chi connectivity index (χ2v) is 7.01. The van der Waals surface area contributed by atoms with Crippen LogP contribution in [-0.2, 0) is 19.5 Å². The SMILES string of the molecule is CCc1cnc(CNC(=NC)NCc2ccc(N(CC)CC)c(F)c2)s1.I. The quantitative estimate of drug-likeness (QED) is 0.321. The maximum absolute atomic E-state index is 14.4. The standard InChI is InChI=1S/C19H28FN5S.HI/c1-5-15-12-22-18(26-15)13-24-19(21-4)23-11-14-8-9-17(16(20)10-14)25(6-2)7-3;/h8-10,12H,5-7,11,13H2,1-4H3,(H2,21,23,24);1H. The molecule has 0 atom stereocenters. The van der Waals surface area contributed by atoms with Gasteiger partial charge in [0.1, 0.15) is 10.8 Å². The molecule has 2 rings (SSSR count). The Morgan fingerprint density at radius 3 is 2.44 bits per heavy atom. The van der Waals surface area contributed by atoms with Crippen molar-refractivity contribution in [2.24, 2.45) is 4.99 Å². The van der Waals surface area contributed by atoms with Gasteiger partial charge >= 0.3 is 0 Å². The van der Waals surface area contributed by atoms with Gasteiger partial charge < -0.3 is 15.5 Å². The number of hydrogen-bond acceptors (Lipinski definition) is 4. The van der Waals surface area contributed by atoms with Gasteiger partial charge in [0.15, 0.2) is 5.96 Å². The minimum Gasteiger partial charge on any atom is -0.370 e. The van der Waals surface area contributed by atoms with E-state index in [9.17, 15) is 4.39 Å². The lowest BCUT2D eigenvalue weighted by Gasteiger charge is -2.22. The van der Waals surface area contributed by atoms with Crippen molar-refractivity contribution >= 4 is 47.0 Å². The van der Waals surface area contributed by atoms with Crippen molar-refractivity contribution < 1.29 is 4.39 Å². The van der Waals surface area contributed by atoms with E-state index in [1.807, 2.05) is 37.1 Å². The lowest BCUT2D eigenvalue weighted by Crippen LogP contribution is -2.36. The summed E-state index contributed by atoms with van der Waals surface area (Å²) in [6.07, 6.45) is 2.91. The van der Waals surface area contributed by atoms with E-state index in [0.717, 1.165) is 30.1 Å². The largest absolute Gasteiger partial charge is 0.370 e. The van der Waals surface area contributed by atoms with Crippen LogP contribution in [0.25, 0.3) is 0 Å². The van der Waals surface area contributed by atoms with Crippen LogP contribution in [0.2, 0.25) is 0 Å². The first kappa shape index (κ1) is 23.6. The number of rotatable bonds is 8. The van der Waals surface area contributed by atoms with Gasteiger partial charge in [0.2, 0.25) is 0 Å². The number of halogens is 2. The molecule has 0 aliphatic heterocycles. The molecule has 1 heterocycles. The maximum Gasteiger partial charge on any atom is 0.191 e. The molecule has 5 nitrogen and oxygen atoms in total. The van der Waals surface area contributed by atoms with Crippen molar-refractivity contribution in [2.75, 3.05) is 25.0 Å². The first-order valence-corrected chi connectivity index (χ1v) is 9.84. The third-order valence-electron chi connectivity index (χ3n) is 4.16. The van der Waals surface area contributed by atoms with Crippen LogP contribution >= 0.6 is 35.3 Å². The molecule has 2 N–H and O–H groups in total. The summed E-state index contributed by atoms with van der Waals surface area (Å²) in [5.74, 6) is 0.484. The van der Waals surface area contributed by atoms with E-state index in [4.69, 9.17) is 0 Å². The van der Waals surface area contributed by atoms with Crippen molar-refractivity contribution in [3.8, 4) is 0 Å². The van der Waals surface area contributed by atoms with Gasteiger partial charge in [-0.15, -0.1) is 35.3 Å². The Morgan fingerprint density at radius 2 is 1.89 bits per heavy atom. The van der Waals surface area contributed by atoms with Crippen molar-refractivity contribution in [2.45, 2.75) is 40.3 Å². The fourth-order valence-electron chi connectivity index (χ4n) is 2.64. The van der Waals surface area contributed by atoms with Crippen molar-refractivity contribution in [1.29, 1.82) is 0 Å². The molecule has 0 amide bonds. The summed E-state index contributed by atoms with van der Waals surface area (Å²) in [6, 6.07) is 5.38. The monoisotopic (exact) mass is 505 g/mol. The van der Waals surface area contributed by atoms with Crippen LogP contribution in [0.1, 0.15) is 36.2 Å². The zero-order valence-electron chi connectivity index (χ0n) is 16.4. The predicted molar refractivity (Wildman–Crippen MR) is 124 cm³/mol. The summed E-state index contributed by atoms with van der Waals surface area (Å²) in [5, 5.41) is 7.48. The van der Waals surface area contributed by atoms with Crippen molar-refractivity contribution in [3.63, 3.8) is 0 Å². The first-order valence-electron chi connectivity index (χ1n) is 9.02. The number of nitrogens with zero attached hydrogens (tertiary/aromatic N) is 3. The second-order valence-electron chi connectivity index (χ2n) is 5.81. The molecule has 0 unspecified atom stereocenters. The second kappa shape index (κ2) is 12.1. The third kappa shape index (κ3) is 6.91. The molecular weight excluding hydrogens is 476 g/mol. The minimum atomic E-state index is -0.189. The molecule has 0 aliphatic carbocycles. The number of thiazole rings is 1. The van der Waals surface area contributed by atoms with Crippen molar-refractivity contribution in [1.82, 2.24) is 15.6 Å². The number of anilines is 1. The van der Waals surface area contributed by atoms with Crippen LogP contribution in [0.4, 0.5) is 10.1 Å². The van der Waals surface area contributed by atoms with E-state index >= 15 is 0 Å². The van der Waals surface area contributed by atoms with Crippen LogP contribution in [0.3, 0.4) is 0 Å². The summed E-state index contributed by atoms with van der Waals surface area (Å²) >= 11 is 1.70. The number of benzene rings is 1. The molecule has 27 heavy (non-hydrogen) atoms. The molecule has 150 valence electrons. The summed E-state index contributed by atoms with van der Waals surface area (Å²) in [6.45, 7) is 8.89. The molecule has 0 aliphatic rings. The predicted octanol–water partition coefficient (Wildman–Crippen LogP) is 4.17. The highest BCUT2D eigenvalue weighted by atomic mass is 127. The molecule has 1 aromatic carbocycles. The lowest BCUT2D eigenvalue weighted by molar-refractivity contribution is 0.617. The summed E-state index contributed by atoms with van der Waals surface area (Å²) in [4.78, 5) is 11.9. The zero-order valence-corrected chi connectivity index (χ0v) is 19.5. The van der Waals surface area contributed by atoms with Crippen LogP contribution in [0.5, 0.6) is 0 Å². The van der Waals surface area contributed by atoms with E-state index < -0.39 is 0 Å². The Morgan fingerprint density at radius 1 is 1.19 bits per heavy atom. The third-order valence-corrected chi connectivity index (χ3v) is 5.30. The molecule has 0 radical (unpaired) electrons. The van der Waals surface area contributed by atoms with Gasteiger partial charge in [-0.05, 0) is 38.0 Å². The topological polar surface area (TPSA) is 52.6 Å². The Hall–Kier alpha value is -1.42. The molecular formula is C19H29FIN5S. The van der Waals surface area contributed by atoms with Crippen LogP contribution in [-0.4, -0.2) is 31.1 Å². The molecule has 0 saturated heterocycles. The Balaban J connectivity index is 0.00000364. The Labute approximate surface area is 182 Å². The smallest absolute Gasteiger partial charge is 0.191 e. The number of guanidine groups is 1. The highest BCUT2D eigenvalue weighted by Crippen LogP contribution is 2.20. The minimum absolute atomic E-state index is 0. The van der Waals surface area contributed by atoms with Crippen LogP contribution < -0.4 is 15.5 Å². The molecule has 1 aromatic heterocycles. The summed E-state index contributed by atoms with van der Waals surface area (Å²) < 4.78 is 14.4. The van der Waals surface area contributed by atoms with E-state index in [1.165, 1.54) is 4.88 Å². The van der Waals surface area contributed by atoms with Gasteiger partial charge in [-0.1, -0.05) is 13.0 Å². The normalized spacial score (nSPS) is 11.1. The van der Waals surface area contributed by atoms with Gasteiger partial charge in [0.25, 0.3) is 0 Å². The number of aromatic nitrogens is 1. The van der Waals surface area contributed by atoms with E-state index in [2.05, 4.69) is 27.5 Å². The first-order chi connectivity index (χ1) is 12.6. The average Bonchev–Trinajstić information content (AvgIpc) is 3.12. The average molecular weight is 505 g/mol. The molecule has 0 saturated carbocycles. The number of aryl methyl sites for hydroxylation is 1. The Kier molecular flexibility index (Phi) is 10.6. The fraction of sp³-hybridized carbons (Fsp3) is 0.474. The lowest BCUT2D eigenvalue weighted by atomic mass is 10.2. The fourth-order valence-corrected chi connectivity index (χ4v) is 3.44. The van der Waals surface area contributed by atoms with Gasteiger partial charge in [0, 0.05) is 37.8 Å².